The molecule has 0 aromatic heterocycles. The van der Waals surface area contributed by atoms with Crippen molar-refractivity contribution in [2.75, 3.05) is 39.6 Å². The summed E-state index contributed by atoms with van der Waals surface area (Å²) in [5.74, 6) is -8.37. The molecular weight excluding hydrogens is 1110 g/mol. The molecule has 0 unspecified atom stereocenters. The number of aliphatic hydroxyl groups is 18. The standard InChI is InChI=1S/C45H76N2O34/c1-12-25(60)30(65)31(66)41(71-12)78-37-24(47-14(3)55)40(79-38-28(63)20(9-51)73-42(32(38)67)76-34(18(59)8-50)26(61)16(57)6-48)75-22(11-53)35(37)77-43-33(68)39(29(64)21(10-52)74-43)81-45(44(69)70)5-19(72-15(4)56)23(46-13(2)54)36(80-45)27(62)17(58)7-49/h12,16-43,48-53,57-68H,5-11H2,1-4H3,(H,46,54)(H,47,55)(H,69,70)/t12-,16-,17+,18+,19-,20+,21+,22+,23+,24+,25+,26+,27+,28-,29-,30+,31-,32+,33+,34+,35+,36+,37+,38-,39-,40-,41-,42-,43-,45-/m0/s1. The van der Waals surface area contributed by atoms with E-state index in [1.54, 1.807) is 0 Å². The maximum absolute atomic E-state index is 13.4. The van der Waals surface area contributed by atoms with Crippen LogP contribution in [-0.2, 0) is 71.3 Å². The Balaban J connectivity index is 1.59. The normalized spacial score (nSPS) is 42.6. The fourth-order valence-electron chi connectivity index (χ4n) is 9.86. The number of aliphatic hydroxyl groups excluding tert-OH is 18. The van der Waals surface area contributed by atoms with Gasteiger partial charge in [0, 0.05) is 20.8 Å². The average Bonchev–Trinajstić information content (AvgIpc) is 3.53. The SMILES string of the molecule is CC(=O)N[C@H]1[C@H](O[C@H]2[C@@H](O)[C@@H](CO)O[C@@H](O[C@@H]([C@H](O)[C@@H](O)CO)[C@H](O)CO)[C@@H]2O)O[C@H](CO)[C@@H](O[C@@H]2O[C@H](CO)[C@H](O)[C@H](O[C@]3(C(=O)O)C[C@H](OC(C)=O)[C@@H](NC(C)=O)[C@H]([C@H](O)[C@H](O)CO)O3)[C@H]2O)[C@@H]1O[C@@H]1O[C@@H](C)[C@@H](O)[C@@H](O)[C@@H]1O. The summed E-state index contributed by atoms with van der Waals surface area (Å²) in [4.78, 5) is 51.3. The van der Waals surface area contributed by atoms with Crippen molar-refractivity contribution in [1.29, 1.82) is 0 Å². The van der Waals surface area contributed by atoms with Gasteiger partial charge in [-0.05, 0) is 6.92 Å². The van der Waals surface area contributed by atoms with Crippen molar-refractivity contribution in [2.45, 2.75) is 218 Å². The Morgan fingerprint density at radius 3 is 1.58 bits per heavy atom. The molecule has 5 heterocycles. The van der Waals surface area contributed by atoms with Crippen molar-refractivity contribution in [1.82, 2.24) is 10.6 Å². The second kappa shape index (κ2) is 29.7. The molecule has 2 amide bonds. The Morgan fingerprint density at radius 1 is 0.556 bits per heavy atom. The quantitative estimate of drug-likeness (QED) is 0.0378. The molecular formula is C45H76N2O34. The zero-order valence-electron chi connectivity index (χ0n) is 43.8. The summed E-state index contributed by atoms with van der Waals surface area (Å²) in [6.07, 6.45) is -57.9. The molecule has 470 valence electrons. The Hall–Kier alpha value is -3.24. The average molecular weight is 1190 g/mol. The van der Waals surface area contributed by atoms with Gasteiger partial charge in [0.25, 0.3) is 5.79 Å². The number of rotatable bonds is 25. The molecule has 36 nitrogen and oxygen atoms in total. The minimum absolute atomic E-state index is 0.861. The van der Waals surface area contributed by atoms with Crippen molar-refractivity contribution in [3.05, 3.63) is 0 Å². The van der Waals surface area contributed by atoms with Gasteiger partial charge in [-0.1, -0.05) is 0 Å². The predicted octanol–water partition coefficient (Wildman–Crippen LogP) is -13.4. The number of esters is 1. The molecule has 0 bridgehead atoms. The molecule has 0 radical (unpaired) electrons. The number of amides is 2. The zero-order valence-corrected chi connectivity index (χ0v) is 43.8. The molecule has 5 fully saturated rings. The molecule has 30 atom stereocenters. The number of carboxylic acids is 1. The smallest absolute Gasteiger partial charge is 0.364 e. The number of hydrogen-bond acceptors (Lipinski definition) is 33. The van der Waals surface area contributed by atoms with E-state index in [2.05, 4.69) is 10.6 Å². The first-order valence-corrected chi connectivity index (χ1v) is 25.4. The number of carbonyl (C=O) groups is 4. The van der Waals surface area contributed by atoms with Crippen LogP contribution in [0.4, 0.5) is 0 Å². The van der Waals surface area contributed by atoms with Crippen LogP contribution in [0.5, 0.6) is 0 Å². The Bertz CT molecular complexity index is 2020. The summed E-state index contributed by atoms with van der Waals surface area (Å²) in [5, 5.41) is 208. The van der Waals surface area contributed by atoms with Gasteiger partial charge in [-0.15, -0.1) is 0 Å². The lowest BCUT2D eigenvalue weighted by molar-refractivity contribution is -0.398. The van der Waals surface area contributed by atoms with Crippen LogP contribution in [0, 0.1) is 0 Å². The van der Waals surface area contributed by atoms with Crippen LogP contribution in [0.25, 0.3) is 0 Å². The Morgan fingerprint density at radius 2 is 1.05 bits per heavy atom. The van der Waals surface area contributed by atoms with Gasteiger partial charge in [-0.2, -0.15) is 0 Å². The first-order chi connectivity index (χ1) is 38.0. The molecule has 0 aromatic carbocycles. The third-order valence-electron chi connectivity index (χ3n) is 14.1. The van der Waals surface area contributed by atoms with Crippen LogP contribution in [0.2, 0.25) is 0 Å². The molecule has 5 aliphatic rings. The van der Waals surface area contributed by atoms with E-state index < -0.39 is 253 Å². The van der Waals surface area contributed by atoms with Crippen molar-refractivity contribution in [3.63, 3.8) is 0 Å². The molecule has 81 heavy (non-hydrogen) atoms. The number of nitrogens with one attached hydrogen (secondary N) is 2. The number of aliphatic carboxylic acids is 1. The van der Waals surface area contributed by atoms with Crippen LogP contribution in [-0.4, -0.2) is 344 Å². The molecule has 21 N–H and O–H groups in total. The summed E-state index contributed by atoms with van der Waals surface area (Å²) in [7, 11) is 0. The van der Waals surface area contributed by atoms with Gasteiger partial charge in [0.2, 0.25) is 11.8 Å². The fraction of sp³-hybridized carbons (Fsp3) is 0.911. The van der Waals surface area contributed by atoms with Gasteiger partial charge in [0.05, 0.1) is 58.2 Å². The highest BCUT2D eigenvalue weighted by Gasteiger charge is 2.62. The number of ether oxygens (including phenoxy) is 11. The third kappa shape index (κ3) is 15.6. The van der Waals surface area contributed by atoms with Gasteiger partial charge in [0.1, 0.15) is 140 Å². The molecule has 0 spiro atoms. The highest BCUT2D eigenvalue weighted by atomic mass is 16.8. The van der Waals surface area contributed by atoms with Crippen LogP contribution in [0.1, 0.15) is 34.1 Å². The van der Waals surface area contributed by atoms with Gasteiger partial charge in [-0.25, -0.2) is 4.79 Å². The minimum Gasteiger partial charge on any atom is -0.477 e. The van der Waals surface area contributed by atoms with E-state index in [0.29, 0.717) is 0 Å². The zero-order chi connectivity index (χ0) is 60.7. The van der Waals surface area contributed by atoms with Crippen molar-refractivity contribution >= 4 is 23.8 Å². The topological polar surface area (TPSA) is 578 Å². The highest BCUT2D eigenvalue weighted by Crippen LogP contribution is 2.41. The number of carbonyl (C=O) groups excluding carboxylic acids is 3. The van der Waals surface area contributed by atoms with E-state index in [1.165, 1.54) is 6.92 Å². The van der Waals surface area contributed by atoms with E-state index >= 15 is 0 Å². The Labute approximate surface area is 459 Å². The number of hydrogen-bond donors (Lipinski definition) is 21. The highest BCUT2D eigenvalue weighted by molar-refractivity contribution is 5.77. The largest absolute Gasteiger partial charge is 0.477 e. The first kappa shape index (κ1) is 68.5. The predicted molar refractivity (Wildman–Crippen MR) is 250 cm³/mol. The maximum Gasteiger partial charge on any atom is 0.364 e. The van der Waals surface area contributed by atoms with Crippen molar-refractivity contribution in [3.8, 4) is 0 Å². The molecule has 0 saturated carbocycles. The monoisotopic (exact) mass is 1190 g/mol. The van der Waals surface area contributed by atoms with E-state index in [0.717, 1.165) is 20.8 Å². The summed E-state index contributed by atoms with van der Waals surface area (Å²) in [6.45, 7) is -2.97. The van der Waals surface area contributed by atoms with Gasteiger partial charge >= 0.3 is 11.9 Å². The van der Waals surface area contributed by atoms with Gasteiger partial charge in [-0.3, -0.25) is 14.4 Å². The minimum atomic E-state index is -3.30. The lowest BCUT2D eigenvalue weighted by Gasteiger charge is -2.52. The van der Waals surface area contributed by atoms with Gasteiger partial charge < -0.3 is 160 Å². The van der Waals surface area contributed by atoms with Crippen LogP contribution in [0.3, 0.4) is 0 Å². The van der Waals surface area contributed by atoms with Crippen LogP contribution >= 0.6 is 0 Å². The summed E-state index contributed by atoms with van der Waals surface area (Å²) >= 11 is 0. The number of carboxylic acid groups (broad SMARTS) is 1. The molecule has 36 heteroatoms. The molecule has 0 aromatic rings. The molecule has 5 rings (SSSR count). The van der Waals surface area contributed by atoms with E-state index in [-0.39, 0.29) is 0 Å². The van der Waals surface area contributed by atoms with Crippen molar-refractivity contribution in [2.24, 2.45) is 0 Å². The van der Waals surface area contributed by atoms with Gasteiger partial charge in [0.15, 0.2) is 25.2 Å². The maximum atomic E-state index is 13.4. The molecule has 0 aliphatic carbocycles. The molecule has 5 saturated heterocycles. The lowest BCUT2D eigenvalue weighted by atomic mass is 9.87. The van der Waals surface area contributed by atoms with Crippen molar-refractivity contribution < 1.29 is 168 Å². The fourth-order valence-corrected chi connectivity index (χ4v) is 9.86. The first-order valence-electron chi connectivity index (χ1n) is 25.4. The van der Waals surface area contributed by atoms with E-state index in [1.807, 2.05) is 0 Å². The second-order valence-corrected chi connectivity index (χ2v) is 20.0. The summed E-state index contributed by atoms with van der Waals surface area (Å²) in [6, 6.07) is -3.68. The summed E-state index contributed by atoms with van der Waals surface area (Å²) in [5.41, 5.74) is 0. The Kier molecular flexibility index (Phi) is 25.1. The third-order valence-corrected chi connectivity index (χ3v) is 14.1. The van der Waals surface area contributed by atoms with Crippen LogP contribution in [0.15, 0.2) is 0 Å². The van der Waals surface area contributed by atoms with Crippen LogP contribution < -0.4 is 10.6 Å². The van der Waals surface area contributed by atoms with E-state index in [9.17, 15) is 116 Å². The van der Waals surface area contributed by atoms with E-state index in [4.69, 9.17) is 52.1 Å². The summed E-state index contributed by atoms with van der Waals surface area (Å²) < 4.78 is 63.8. The lowest BCUT2D eigenvalue weighted by Crippen LogP contribution is -2.72. The molecule has 5 aliphatic heterocycles. The second-order valence-electron chi connectivity index (χ2n) is 20.0.